The molecule has 0 aromatic rings. The molecule has 2 atom stereocenters. The Hall–Kier alpha value is -0.576. The van der Waals surface area contributed by atoms with E-state index in [0.717, 1.165) is 12.1 Å². The predicted molar refractivity (Wildman–Crippen MR) is 95.8 cm³/mol. The highest BCUT2D eigenvalue weighted by Gasteiger charge is 2.35. The first-order chi connectivity index (χ1) is 9.75. The molecule has 0 amide bonds. The zero-order valence-electron chi connectivity index (χ0n) is 14.7. The van der Waals surface area contributed by atoms with Crippen LogP contribution in [-0.4, -0.2) is 34.3 Å². The van der Waals surface area contributed by atoms with Gasteiger partial charge in [0, 0.05) is 6.42 Å². The molecule has 0 aromatic heterocycles. The van der Waals surface area contributed by atoms with Crippen molar-refractivity contribution in [1.82, 2.24) is 0 Å². The number of hydrogen-bond donors (Lipinski definition) is 0. The number of oxime groups is 1. The SMILES string of the molecule is CC[Si](CC)(CC)O[C@H](C)[C@H]1CC(C#C[Si](C)(C)C)=NO1. The van der Waals surface area contributed by atoms with Crippen LogP contribution in [-0.2, 0) is 9.26 Å². The average molecular weight is 326 g/mol. The topological polar surface area (TPSA) is 30.8 Å². The van der Waals surface area contributed by atoms with Crippen molar-refractivity contribution >= 4 is 22.1 Å². The van der Waals surface area contributed by atoms with Crippen LogP contribution < -0.4 is 0 Å². The zero-order valence-corrected chi connectivity index (χ0v) is 16.7. The van der Waals surface area contributed by atoms with E-state index in [4.69, 9.17) is 9.26 Å². The maximum absolute atomic E-state index is 6.46. The molecule has 1 heterocycles. The Morgan fingerprint density at radius 2 is 1.81 bits per heavy atom. The van der Waals surface area contributed by atoms with Crippen molar-refractivity contribution in [2.24, 2.45) is 5.16 Å². The summed E-state index contributed by atoms with van der Waals surface area (Å²) in [6.07, 6.45) is 0.930. The number of rotatable bonds is 6. The molecule has 0 N–H and O–H groups in total. The standard InChI is InChI=1S/C16H31NO2Si2/c1-8-21(9-2,10-3)19-14(4)16-13-15(17-18-16)11-12-20(5,6)7/h14,16H,8-10,13H2,1-7H3/t14-,16-/m1/s1. The maximum atomic E-state index is 6.46. The Morgan fingerprint density at radius 1 is 1.24 bits per heavy atom. The molecule has 0 aliphatic carbocycles. The van der Waals surface area contributed by atoms with E-state index in [1.165, 1.54) is 18.1 Å². The Morgan fingerprint density at radius 3 is 2.29 bits per heavy atom. The normalized spacial score (nSPS) is 20.3. The van der Waals surface area contributed by atoms with E-state index in [2.05, 4.69) is 64.0 Å². The first-order valence-electron chi connectivity index (χ1n) is 8.19. The van der Waals surface area contributed by atoms with Crippen LogP contribution in [0.25, 0.3) is 0 Å². The molecule has 0 radical (unpaired) electrons. The summed E-state index contributed by atoms with van der Waals surface area (Å²) in [7, 11) is -2.93. The highest BCUT2D eigenvalue weighted by molar-refractivity contribution is 6.84. The molecule has 5 heteroatoms. The summed E-state index contributed by atoms with van der Waals surface area (Å²) in [5.74, 6) is 3.20. The largest absolute Gasteiger partial charge is 0.410 e. The molecule has 0 spiro atoms. The molecule has 0 fully saturated rings. The fraction of sp³-hybridized carbons (Fsp3) is 0.812. The average Bonchev–Trinajstić information content (AvgIpc) is 2.91. The molecular formula is C16H31NO2Si2. The first kappa shape index (κ1) is 18.5. The lowest BCUT2D eigenvalue weighted by atomic mass is 10.1. The molecule has 0 aromatic carbocycles. The van der Waals surface area contributed by atoms with Crippen molar-refractivity contribution in [2.75, 3.05) is 0 Å². The molecule has 1 aliphatic rings. The highest BCUT2D eigenvalue weighted by atomic mass is 28.4. The van der Waals surface area contributed by atoms with Gasteiger partial charge in [-0.3, -0.25) is 0 Å². The van der Waals surface area contributed by atoms with Gasteiger partial charge in [-0.1, -0.05) is 51.5 Å². The van der Waals surface area contributed by atoms with Crippen molar-refractivity contribution in [3.05, 3.63) is 0 Å². The van der Waals surface area contributed by atoms with E-state index < -0.39 is 16.4 Å². The van der Waals surface area contributed by atoms with Crippen molar-refractivity contribution < 1.29 is 9.26 Å². The zero-order chi connectivity index (χ0) is 16.1. The summed E-state index contributed by atoms with van der Waals surface area (Å²) < 4.78 is 6.46. The van der Waals surface area contributed by atoms with Crippen LogP contribution in [0.15, 0.2) is 5.16 Å². The monoisotopic (exact) mass is 325 g/mol. The van der Waals surface area contributed by atoms with E-state index in [-0.39, 0.29) is 12.2 Å². The molecule has 1 aliphatic heterocycles. The minimum atomic E-state index is -1.58. The maximum Gasteiger partial charge on any atom is 0.192 e. The quantitative estimate of drug-likeness (QED) is 0.534. The fourth-order valence-corrected chi connectivity index (χ4v) is 5.91. The highest BCUT2D eigenvalue weighted by Crippen LogP contribution is 2.27. The van der Waals surface area contributed by atoms with Gasteiger partial charge < -0.3 is 9.26 Å². The minimum Gasteiger partial charge on any atom is -0.410 e. The van der Waals surface area contributed by atoms with Crippen LogP contribution >= 0.6 is 0 Å². The summed E-state index contributed by atoms with van der Waals surface area (Å²) in [6, 6.07) is 3.50. The second-order valence-electron chi connectivity index (χ2n) is 6.95. The summed E-state index contributed by atoms with van der Waals surface area (Å²) in [6.45, 7) is 15.6. The van der Waals surface area contributed by atoms with Gasteiger partial charge in [-0.2, -0.15) is 0 Å². The van der Waals surface area contributed by atoms with E-state index >= 15 is 0 Å². The van der Waals surface area contributed by atoms with Gasteiger partial charge in [-0.05, 0) is 25.1 Å². The second-order valence-corrected chi connectivity index (χ2v) is 16.4. The van der Waals surface area contributed by atoms with Gasteiger partial charge in [0.05, 0.1) is 6.10 Å². The van der Waals surface area contributed by atoms with Crippen molar-refractivity contribution in [2.45, 2.75) is 84.1 Å². The molecular weight excluding hydrogens is 294 g/mol. The Kier molecular flexibility index (Phi) is 6.70. The Balaban J connectivity index is 2.60. The third-order valence-electron chi connectivity index (χ3n) is 4.17. The molecule has 1 rings (SSSR count). The fourth-order valence-electron chi connectivity index (χ4n) is 2.45. The van der Waals surface area contributed by atoms with E-state index in [0.29, 0.717) is 0 Å². The molecule has 0 bridgehead atoms. The van der Waals surface area contributed by atoms with Gasteiger partial charge >= 0.3 is 0 Å². The summed E-state index contributed by atoms with van der Waals surface area (Å²) >= 11 is 0. The Labute approximate surface area is 132 Å². The number of nitrogens with zero attached hydrogens (tertiary/aromatic N) is 1. The van der Waals surface area contributed by atoms with E-state index in [9.17, 15) is 0 Å². The van der Waals surface area contributed by atoms with Gasteiger partial charge in [0.2, 0.25) is 0 Å². The predicted octanol–water partition coefficient (Wildman–Crippen LogP) is 4.42. The lowest BCUT2D eigenvalue weighted by Crippen LogP contribution is -2.43. The lowest BCUT2D eigenvalue weighted by Gasteiger charge is -2.33. The van der Waals surface area contributed by atoms with Crippen molar-refractivity contribution in [1.29, 1.82) is 0 Å². The van der Waals surface area contributed by atoms with Crippen LogP contribution in [0.5, 0.6) is 0 Å². The van der Waals surface area contributed by atoms with Crippen molar-refractivity contribution in [3.8, 4) is 11.5 Å². The van der Waals surface area contributed by atoms with Gasteiger partial charge in [-0.15, -0.1) is 5.54 Å². The van der Waals surface area contributed by atoms with Crippen LogP contribution in [0.2, 0.25) is 37.8 Å². The smallest absolute Gasteiger partial charge is 0.192 e. The molecule has 21 heavy (non-hydrogen) atoms. The van der Waals surface area contributed by atoms with Gasteiger partial charge in [0.1, 0.15) is 13.8 Å². The van der Waals surface area contributed by atoms with E-state index in [1.54, 1.807) is 0 Å². The Bertz CT molecular complexity index is 420. The van der Waals surface area contributed by atoms with Gasteiger partial charge in [-0.25, -0.2) is 0 Å². The van der Waals surface area contributed by atoms with Crippen LogP contribution in [0.4, 0.5) is 0 Å². The van der Waals surface area contributed by atoms with E-state index in [1.807, 2.05) is 0 Å². The summed E-state index contributed by atoms with van der Waals surface area (Å²) in [5, 5.41) is 4.15. The molecule has 3 nitrogen and oxygen atoms in total. The molecule has 0 unspecified atom stereocenters. The van der Waals surface area contributed by atoms with Gasteiger partial charge in [0.25, 0.3) is 0 Å². The number of hydrogen-bond acceptors (Lipinski definition) is 3. The van der Waals surface area contributed by atoms with Crippen LogP contribution in [0, 0.1) is 11.5 Å². The minimum absolute atomic E-state index is 0.0347. The third kappa shape index (κ3) is 5.61. The van der Waals surface area contributed by atoms with Crippen molar-refractivity contribution in [3.63, 3.8) is 0 Å². The summed E-state index contributed by atoms with van der Waals surface area (Å²) in [5.41, 5.74) is 4.23. The van der Waals surface area contributed by atoms with Crippen LogP contribution in [0.3, 0.4) is 0 Å². The lowest BCUT2D eigenvalue weighted by molar-refractivity contribution is -0.000957. The molecule has 0 saturated carbocycles. The van der Waals surface area contributed by atoms with Gasteiger partial charge in [0.15, 0.2) is 14.4 Å². The third-order valence-corrected chi connectivity index (χ3v) is 9.78. The second kappa shape index (κ2) is 7.62. The summed E-state index contributed by atoms with van der Waals surface area (Å²) in [4.78, 5) is 5.57. The first-order valence-corrected chi connectivity index (χ1v) is 14.2. The molecule has 0 saturated heterocycles. The van der Waals surface area contributed by atoms with Crippen LogP contribution in [0.1, 0.15) is 34.1 Å². The molecule has 120 valence electrons.